The third-order valence-corrected chi connectivity index (χ3v) is 5.26. The lowest BCUT2D eigenvalue weighted by Gasteiger charge is -2.41. The Bertz CT molecular complexity index is 665. The van der Waals surface area contributed by atoms with Gasteiger partial charge in [0.2, 0.25) is 5.91 Å². The van der Waals surface area contributed by atoms with E-state index in [1.54, 1.807) is 11.3 Å². The van der Waals surface area contributed by atoms with Crippen molar-refractivity contribution in [2.75, 3.05) is 29.4 Å². The fourth-order valence-corrected chi connectivity index (χ4v) is 4.11. The topological polar surface area (TPSA) is 23.6 Å². The molecule has 0 N–H and O–H groups in total. The first kappa shape index (κ1) is 12.9. The van der Waals surface area contributed by atoms with E-state index in [0.717, 1.165) is 36.6 Å². The maximum absolute atomic E-state index is 12.7. The summed E-state index contributed by atoms with van der Waals surface area (Å²) >= 11 is 1.66. The maximum Gasteiger partial charge on any atom is 0.232 e. The van der Waals surface area contributed by atoms with Gasteiger partial charge in [-0.1, -0.05) is 18.2 Å². The van der Waals surface area contributed by atoms with E-state index in [1.807, 2.05) is 22.4 Å². The van der Waals surface area contributed by atoms with Gasteiger partial charge in [-0.05, 0) is 35.9 Å². The molecule has 0 bridgehead atoms. The van der Waals surface area contributed by atoms with Crippen molar-refractivity contribution in [3.8, 4) is 0 Å². The summed E-state index contributed by atoms with van der Waals surface area (Å²) in [6.07, 6.45) is 2.87. The number of para-hydroxylation sites is 1. The van der Waals surface area contributed by atoms with E-state index < -0.39 is 0 Å². The van der Waals surface area contributed by atoms with E-state index in [0.29, 0.717) is 6.42 Å². The van der Waals surface area contributed by atoms with Gasteiger partial charge in [-0.3, -0.25) is 4.79 Å². The molecule has 2 aliphatic rings. The molecule has 1 aromatic heterocycles. The molecule has 0 fully saturated rings. The van der Waals surface area contributed by atoms with Crippen molar-refractivity contribution in [3.63, 3.8) is 0 Å². The summed E-state index contributed by atoms with van der Waals surface area (Å²) in [5.74, 6) is 0.219. The van der Waals surface area contributed by atoms with Crippen molar-refractivity contribution in [3.05, 3.63) is 46.2 Å². The van der Waals surface area contributed by atoms with Crippen LogP contribution in [0.25, 0.3) is 0 Å². The fraction of sp³-hybridized carbons (Fsp3) is 0.353. The van der Waals surface area contributed by atoms with Gasteiger partial charge >= 0.3 is 0 Å². The predicted molar refractivity (Wildman–Crippen MR) is 87.4 cm³/mol. The molecule has 0 spiro atoms. The van der Waals surface area contributed by atoms with Gasteiger partial charge in [0.15, 0.2) is 0 Å². The Kier molecular flexibility index (Phi) is 3.19. The minimum atomic E-state index is 0.219. The molecule has 3 heterocycles. The number of anilines is 2. The molecule has 3 nitrogen and oxygen atoms in total. The third kappa shape index (κ3) is 2.23. The van der Waals surface area contributed by atoms with Crippen LogP contribution in [0.15, 0.2) is 35.7 Å². The van der Waals surface area contributed by atoms with E-state index >= 15 is 0 Å². The van der Waals surface area contributed by atoms with Crippen LogP contribution in [0.4, 0.5) is 11.4 Å². The number of hydrogen-bond acceptors (Lipinski definition) is 3. The van der Waals surface area contributed by atoms with Crippen LogP contribution in [0.1, 0.15) is 16.9 Å². The summed E-state index contributed by atoms with van der Waals surface area (Å²) in [7, 11) is 0. The second-order valence-electron chi connectivity index (χ2n) is 5.68. The summed E-state index contributed by atoms with van der Waals surface area (Å²) in [5, 5.41) is 2.03. The summed E-state index contributed by atoms with van der Waals surface area (Å²) in [6, 6.07) is 10.4. The molecule has 0 saturated carbocycles. The number of thiophene rings is 1. The number of benzene rings is 1. The van der Waals surface area contributed by atoms with E-state index in [9.17, 15) is 4.79 Å². The summed E-state index contributed by atoms with van der Waals surface area (Å²) in [5.41, 5.74) is 3.81. The maximum atomic E-state index is 12.7. The Morgan fingerprint density at radius 1 is 1.14 bits per heavy atom. The lowest BCUT2D eigenvalue weighted by Crippen LogP contribution is -2.46. The number of hydrogen-bond donors (Lipinski definition) is 0. The van der Waals surface area contributed by atoms with Gasteiger partial charge in [0.1, 0.15) is 0 Å². The Morgan fingerprint density at radius 3 is 2.95 bits per heavy atom. The number of rotatable bonds is 2. The third-order valence-electron chi connectivity index (χ3n) is 4.38. The summed E-state index contributed by atoms with van der Waals surface area (Å²) in [6.45, 7) is 2.89. The van der Waals surface area contributed by atoms with Crippen LogP contribution in [0.5, 0.6) is 0 Å². The highest BCUT2D eigenvalue weighted by Crippen LogP contribution is 2.39. The smallest absolute Gasteiger partial charge is 0.232 e. The molecule has 0 aliphatic carbocycles. The molecule has 1 amide bonds. The monoisotopic (exact) mass is 298 g/mol. The lowest BCUT2D eigenvalue weighted by atomic mass is 9.98. The second kappa shape index (κ2) is 5.19. The average molecular weight is 298 g/mol. The van der Waals surface area contributed by atoms with Crippen LogP contribution in [0, 0.1) is 0 Å². The van der Waals surface area contributed by atoms with Gasteiger partial charge in [-0.25, -0.2) is 0 Å². The molecule has 2 aliphatic heterocycles. The SMILES string of the molecule is O=C(Cc1cccs1)N1CCN2CCCc3cccc1c32. The predicted octanol–water partition coefficient (Wildman–Crippen LogP) is 3.09. The Labute approximate surface area is 128 Å². The number of carbonyl (C=O) groups excluding carboxylic acids is 1. The van der Waals surface area contributed by atoms with Crippen LogP contribution in [-0.2, 0) is 17.6 Å². The van der Waals surface area contributed by atoms with E-state index in [1.165, 1.54) is 17.7 Å². The molecule has 1 aromatic carbocycles. The molecular formula is C17H18N2OS. The zero-order valence-corrected chi connectivity index (χ0v) is 12.7. The molecule has 4 heteroatoms. The highest BCUT2D eigenvalue weighted by atomic mass is 32.1. The van der Waals surface area contributed by atoms with E-state index in [4.69, 9.17) is 0 Å². The van der Waals surface area contributed by atoms with E-state index in [-0.39, 0.29) is 5.91 Å². The van der Waals surface area contributed by atoms with Crippen LogP contribution in [0.2, 0.25) is 0 Å². The molecule has 2 aromatic rings. The molecule has 4 rings (SSSR count). The minimum absolute atomic E-state index is 0.219. The first-order valence-electron chi connectivity index (χ1n) is 7.52. The summed E-state index contributed by atoms with van der Waals surface area (Å²) < 4.78 is 0. The van der Waals surface area contributed by atoms with Crippen LogP contribution in [0.3, 0.4) is 0 Å². The molecule has 0 unspecified atom stereocenters. The first-order valence-corrected chi connectivity index (χ1v) is 8.40. The Hall–Kier alpha value is -1.81. The largest absolute Gasteiger partial charge is 0.368 e. The summed E-state index contributed by atoms with van der Waals surface area (Å²) in [4.78, 5) is 18.2. The standard InChI is InChI=1S/C17H18N2OS/c20-16(12-14-6-3-11-21-14)19-10-9-18-8-2-5-13-4-1-7-15(19)17(13)18/h1,3-4,6-7,11H,2,5,8-10,12H2. The van der Waals surface area contributed by atoms with Gasteiger partial charge in [-0.2, -0.15) is 0 Å². The normalized spacial score (nSPS) is 16.8. The first-order chi connectivity index (χ1) is 10.3. The van der Waals surface area contributed by atoms with Crippen molar-refractivity contribution in [1.29, 1.82) is 0 Å². The lowest BCUT2D eigenvalue weighted by molar-refractivity contribution is -0.117. The molecule has 0 saturated heterocycles. The van der Waals surface area contributed by atoms with Crippen molar-refractivity contribution >= 4 is 28.6 Å². The van der Waals surface area contributed by atoms with Crippen molar-refractivity contribution < 1.29 is 4.79 Å². The highest BCUT2D eigenvalue weighted by Gasteiger charge is 2.30. The van der Waals surface area contributed by atoms with Crippen LogP contribution in [-0.4, -0.2) is 25.5 Å². The molecule has 0 atom stereocenters. The highest BCUT2D eigenvalue weighted by molar-refractivity contribution is 7.10. The number of amides is 1. The molecule has 0 radical (unpaired) electrons. The Morgan fingerprint density at radius 2 is 2.10 bits per heavy atom. The average Bonchev–Trinajstić information content (AvgIpc) is 3.01. The number of nitrogens with zero attached hydrogens (tertiary/aromatic N) is 2. The quantitative estimate of drug-likeness (QED) is 0.850. The van der Waals surface area contributed by atoms with Crippen molar-refractivity contribution in [2.24, 2.45) is 0 Å². The minimum Gasteiger partial charge on any atom is -0.368 e. The zero-order valence-electron chi connectivity index (χ0n) is 11.9. The van der Waals surface area contributed by atoms with Crippen LogP contribution >= 0.6 is 11.3 Å². The van der Waals surface area contributed by atoms with Crippen LogP contribution < -0.4 is 9.80 Å². The Balaban J connectivity index is 1.67. The van der Waals surface area contributed by atoms with E-state index in [2.05, 4.69) is 23.1 Å². The molecular weight excluding hydrogens is 280 g/mol. The van der Waals surface area contributed by atoms with Gasteiger partial charge in [-0.15, -0.1) is 11.3 Å². The van der Waals surface area contributed by atoms with Gasteiger partial charge < -0.3 is 9.80 Å². The van der Waals surface area contributed by atoms with Crippen molar-refractivity contribution in [2.45, 2.75) is 19.3 Å². The molecule has 108 valence electrons. The zero-order chi connectivity index (χ0) is 14.2. The van der Waals surface area contributed by atoms with Gasteiger partial charge in [0.05, 0.1) is 17.8 Å². The fourth-order valence-electron chi connectivity index (χ4n) is 3.42. The van der Waals surface area contributed by atoms with Crippen molar-refractivity contribution in [1.82, 2.24) is 0 Å². The van der Waals surface area contributed by atoms with Gasteiger partial charge in [0.25, 0.3) is 0 Å². The number of aryl methyl sites for hydroxylation is 1. The van der Waals surface area contributed by atoms with Gasteiger partial charge in [0, 0.05) is 24.5 Å². The number of carbonyl (C=O) groups is 1. The second-order valence-corrected chi connectivity index (χ2v) is 6.71. The molecule has 21 heavy (non-hydrogen) atoms.